The highest BCUT2D eigenvalue weighted by Crippen LogP contribution is 2.26. The zero-order chi connectivity index (χ0) is 55.3. The lowest BCUT2D eigenvalue weighted by molar-refractivity contribution is -0.163. The first-order valence-corrected chi connectivity index (χ1v) is 26.2. The number of ether oxygens (including phenoxy) is 3. The second-order valence-corrected chi connectivity index (χ2v) is 21.4. The van der Waals surface area contributed by atoms with E-state index < -0.39 is 132 Å². The van der Waals surface area contributed by atoms with Gasteiger partial charge in [0.05, 0.1) is 31.6 Å². The zero-order valence-electron chi connectivity index (χ0n) is 45.7. The first-order valence-electron chi connectivity index (χ1n) is 26.2. The van der Waals surface area contributed by atoms with Crippen LogP contribution in [0, 0.1) is 29.6 Å². The first-order chi connectivity index (χ1) is 34.8. The van der Waals surface area contributed by atoms with Crippen LogP contribution in [-0.4, -0.2) is 168 Å². The van der Waals surface area contributed by atoms with Gasteiger partial charge in [0.15, 0.2) is 11.9 Å². The number of amides is 6. The number of nitrogens with one attached hydrogen (secondary N) is 4. The second kappa shape index (κ2) is 27.6. The van der Waals surface area contributed by atoms with E-state index in [2.05, 4.69) is 21.3 Å². The average molecular weight is 1040 g/mol. The molecule has 412 valence electrons. The van der Waals surface area contributed by atoms with Gasteiger partial charge in [0.25, 0.3) is 0 Å². The first kappa shape index (κ1) is 60.7. The number of methoxy groups -OCH3 is 1. The summed E-state index contributed by atoms with van der Waals surface area (Å²) in [5.41, 5.74) is 0.599. The number of hydrogen-bond donors (Lipinski definition) is 5. The van der Waals surface area contributed by atoms with Gasteiger partial charge in [-0.25, -0.2) is 4.79 Å². The van der Waals surface area contributed by atoms with Crippen LogP contribution in [0.3, 0.4) is 0 Å². The minimum Gasteiger partial charge on any atom is -0.497 e. The minimum atomic E-state index is -1.68. The quantitative estimate of drug-likeness (QED) is 0.102. The number of nitrogens with zero attached hydrogens (tertiary/aromatic N) is 3. The van der Waals surface area contributed by atoms with Gasteiger partial charge in [-0.3, -0.25) is 43.7 Å². The van der Waals surface area contributed by atoms with Crippen LogP contribution >= 0.6 is 0 Å². The van der Waals surface area contributed by atoms with Crippen molar-refractivity contribution in [2.24, 2.45) is 29.6 Å². The molecule has 1 aromatic rings. The smallest absolute Gasteiger partial charge is 0.329 e. The Morgan fingerprint density at radius 2 is 1.58 bits per heavy atom. The van der Waals surface area contributed by atoms with Crippen molar-refractivity contribution in [3.63, 3.8) is 0 Å². The lowest BCUT2D eigenvalue weighted by Gasteiger charge is -2.36. The Morgan fingerprint density at radius 3 is 2.15 bits per heavy atom. The number of cyclic esters (lactones) is 2. The summed E-state index contributed by atoms with van der Waals surface area (Å²) < 4.78 is 17.2. The molecule has 1 aromatic carbocycles. The molecule has 6 amide bonds. The molecule has 3 heterocycles. The summed E-state index contributed by atoms with van der Waals surface area (Å²) in [7, 11) is 4.42. The van der Waals surface area contributed by atoms with Crippen LogP contribution in [0.15, 0.2) is 36.4 Å². The van der Waals surface area contributed by atoms with E-state index in [1.165, 1.54) is 49.8 Å². The van der Waals surface area contributed by atoms with Crippen molar-refractivity contribution >= 4 is 53.2 Å². The zero-order valence-corrected chi connectivity index (χ0v) is 45.7. The third kappa shape index (κ3) is 15.8. The number of ketones is 1. The van der Waals surface area contributed by atoms with Gasteiger partial charge in [-0.2, -0.15) is 0 Å². The predicted octanol–water partition coefficient (Wildman–Crippen LogP) is 2.47. The molecule has 20 heteroatoms. The van der Waals surface area contributed by atoms with Crippen molar-refractivity contribution in [1.82, 2.24) is 36.0 Å². The highest BCUT2D eigenvalue weighted by atomic mass is 16.6. The van der Waals surface area contributed by atoms with E-state index in [1.54, 1.807) is 64.1 Å². The largest absolute Gasteiger partial charge is 0.497 e. The van der Waals surface area contributed by atoms with E-state index in [0.29, 0.717) is 30.7 Å². The summed E-state index contributed by atoms with van der Waals surface area (Å²) in [4.78, 5) is 133. The number of aliphatic hydroxyl groups is 1. The lowest BCUT2D eigenvalue weighted by atomic mass is 9.91. The Balaban J connectivity index is 1.88. The molecule has 74 heavy (non-hydrogen) atoms. The number of rotatable bonds is 14. The Morgan fingerprint density at radius 1 is 0.919 bits per heavy atom. The summed E-state index contributed by atoms with van der Waals surface area (Å²) >= 11 is 0. The number of hydrogen-bond acceptors (Lipinski definition) is 14. The Bertz CT molecular complexity index is 2180. The molecule has 3 aliphatic heterocycles. The van der Waals surface area contributed by atoms with Crippen LogP contribution in [0.2, 0.25) is 0 Å². The van der Waals surface area contributed by atoms with Gasteiger partial charge in [0.1, 0.15) is 48.1 Å². The molecule has 2 fully saturated rings. The molecule has 12 atom stereocenters. The molecule has 3 aliphatic rings. The fourth-order valence-electron chi connectivity index (χ4n) is 9.61. The highest BCUT2D eigenvalue weighted by molar-refractivity contribution is 6.05. The normalized spacial score (nSPS) is 28.1. The molecule has 0 aliphatic carbocycles. The number of fused-ring (bicyclic) bond motifs is 1. The molecule has 20 nitrogen and oxygen atoms in total. The number of carbonyl (C=O) groups excluding carboxylic acids is 9. The maximum atomic E-state index is 14.9. The second-order valence-electron chi connectivity index (χ2n) is 21.4. The van der Waals surface area contributed by atoms with E-state index >= 15 is 0 Å². The van der Waals surface area contributed by atoms with Crippen molar-refractivity contribution in [2.45, 2.75) is 175 Å². The summed E-state index contributed by atoms with van der Waals surface area (Å²) in [6.45, 7) is 17.6. The fourth-order valence-corrected chi connectivity index (χ4v) is 9.61. The molecule has 4 rings (SSSR count). The molecule has 0 aromatic heterocycles. The molecule has 0 radical (unpaired) electrons. The molecule has 2 saturated heterocycles. The highest BCUT2D eigenvalue weighted by Gasteiger charge is 2.45. The van der Waals surface area contributed by atoms with E-state index in [-0.39, 0.29) is 50.0 Å². The van der Waals surface area contributed by atoms with Crippen LogP contribution in [-0.2, 0) is 59.0 Å². The summed E-state index contributed by atoms with van der Waals surface area (Å²) in [6.07, 6.45) is -0.439. The number of esters is 2. The maximum Gasteiger partial charge on any atom is 0.329 e. The van der Waals surface area contributed by atoms with E-state index in [4.69, 9.17) is 14.2 Å². The van der Waals surface area contributed by atoms with Crippen LogP contribution in [0.1, 0.15) is 113 Å². The lowest BCUT2D eigenvalue weighted by Crippen LogP contribution is -2.62. The number of Topliss-reactive ketones (excluding diaryl/α,β-unsaturated/α-hetero) is 1. The van der Waals surface area contributed by atoms with Gasteiger partial charge in [0.2, 0.25) is 35.4 Å². The molecule has 0 spiro atoms. The summed E-state index contributed by atoms with van der Waals surface area (Å²) in [5, 5.41) is 23.2. The maximum absolute atomic E-state index is 14.9. The molecule has 0 bridgehead atoms. The molecular weight excluding hydrogens is 955 g/mol. The topological polar surface area (TPSA) is 259 Å². The number of benzene rings is 1. The van der Waals surface area contributed by atoms with Crippen LogP contribution < -0.4 is 26.0 Å². The Kier molecular flexibility index (Phi) is 22.6. The Hall–Kier alpha value is -5.89. The van der Waals surface area contributed by atoms with Crippen molar-refractivity contribution in [3.8, 4) is 5.75 Å². The SMILES string of the molecule is CC[C@H](C)C1NC(=O)C(NC(=O)[C@@H](CC(C)C)N(C)C(=O)[C@@H]2C=CCN2)[C@@H](C)OC(=O)C(Cc2ccc(OC)cc2)N(C)C(=O)[C@@H]2CCCN2C(=O)C(CC(C)C)NC(=O)[C@@H](C)C(=O)C(C(C)C)OC(=O)C[C@@H]1O. The third-order valence-corrected chi connectivity index (χ3v) is 14.4. The van der Waals surface area contributed by atoms with Gasteiger partial charge in [-0.15, -0.1) is 0 Å². The van der Waals surface area contributed by atoms with Crippen molar-refractivity contribution in [2.75, 3.05) is 34.3 Å². The number of likely N-dealkylation sites (N-methyl/N-ethyl adjacent to an activating group) is 2. The average Bonchev–Trinajstić information content (AvgIpc) is 4.09. The molecule has 0 saturated carbocycles. The van der Waals surface area contributed by atoms with E-state index in [9.17, 15) is 48.3 Å². The van der Waals surface area contributed by atoms with E-state index in [0.717, 1.165) is 0 Å². The summed E-state index contributed by atoms with van der Waals surface area (Å²) in [6, 6.07) is -1.43. The minimum absolute atomic E-state index is 0.0948. The van der Waals surface area contributed by atoms with Gasteiger partial charge in [0, 0.05) is 33.6 Å². The molecular formula is C54H83N7O13. The summed E-state index contributed by atoms with van der Waals surface area (Å²) in [5.74, 6) is -8.89. The van der Waals surface area contributed by atoms with Crippen LogP contribution in [0.25, 0.3) is 0 Å². The third-order valence-electron chi connectivity index (χ3n) is 14.4. The van der Waals surface area contributed by atoms with Gasteiger partial charge in [-0.1, -0.05) is 86.1 Å². The molecule has 5 N–H and O–H groups in total. The number of carbonyl (C=O) groups is 9. The standard InChI is InChI=1S/C54H83N7O13/c1-14-32(8)44-42(62)28-43(63)74-47(31(6)7)46(64)33(9)48(65)56-38(25-29(2)3)52(69)61-24-16-18-39(61)53(70)60(12)41(27-35-19-21-36(72-13)22-20-35)54(71)73-34(10)45(50(67)57-44)58-49(66)40(26-30(4)5)59(11)51(68)37-17-15-23-55-37/h15,17,19-22,29-34,37-42,44-45,47,55,62H,14,16,18,23-28H2,1-13H3,(H,56,65)(H,57,67)(H,58,66)/t32-,33-,34+,37-,38?,39-,40+,41?,42-,44?,45?,47?/m0/s1. The fraction of sp³-hybridized carbons (Fsp3) is 0.685. The van der Waals surface area contributed by atoms with Crippen LogP contribution in [0.5, 0.6) is 5.75 Å². The van der Waals surface area contributed by atoms with Gasteiger partial charge in [-0.05, 0) is 80.9 Å². The van der Waals surface area contributed by atoms with Crippen molar-refractivity contribution in [3.05, 3.63) is 42.0 Å². The monoisotopic (exact) mass is 1040 g/mol. The van der Waals surface area contributed by atoms with E-state index in [1.807, 2.05) is 27.7 Å². The van der Waals surface area contributed by atoms with Crippen molar-refractivity contribution in [1.29, 1.82) is 0 Å². The number of aliphatic hydroxyl groups excluding tert-OH is 1. The van der Waals surface area contributed by atoms with Gasteiger partial charge < -0.3 is 50.0 Å². The Labute approximate surface area is 436 Å². The van der Waals surface area contributed by atoms with Crippen molar-refractivity contribution < 1.29 is 62.5 Å². The molecule has 5 unspecified atom stereocenters. The van der Waals surface area contributed by atoms with Gasteiger partial charge >= 0.3 is 11.9 Å². The van der Waals surface area contributed by atoms with Crippen LogP contribution in [0.4, 0.5) is 0 Å². The predicted molar refractivity (Wildman–Crippen MR) is 275 cm³/mol.